The average molecular weight is 490 g/mol. The second-order valence-corrected chi connectivity index (χ2v) is 8.71. The number of hydrogen-bond donors (Lipinski definition) is 3. The number of carbonyl (C=O) groups excluding carboxylic acids is 1. The molecule has 0 atom stereocenters. The fourth-order valence-corrected chi connectivity index (χ4v) is 3.68. The standard InChI is InChI=1S/C25H24FN7O3/c1-25(23(27)34)13-35-22(36-14-25)21-32-19(16-4-6-17(26)7-5-16)20(33-21)18-8-10-29-24(31-18)30-12-15-3-2-9-28-11-15/h2-11,22H,12-14H2,1H3,(H2,27,34)(H,32,33)(H,29,30,31). The van der Waals surface area contributed by atoms with Crippen LogP contribution in [0.1, 0.15) is 24.6 Å². The number of hydrogen-bond acceptors (Lipinski definition) is 8. The van der Waals surface area contributed by atoms with E-state index in [0.717, 1.165) is 5.56 Å². The number of aromatic amines is 1. The van der Waals surface area contributed by atoms with Gasteiger partial charge in [-0.1, -0.05) is 6.07 Å². The first-order valence-corrected chi connectivity index (χ1v) is 11.3. The summed E-state index contributed by atoms with van der Waals surface area (Å²) in [5.74, 6) is -0.0515. The lowest BCUT2D eigenvalue weighted by Gasteiger charge is -2.34. The van der Waals surface area contributed by atoms with Gasteiger partial charge in [-0.15, -0.1) is 0 Å². The molecule has 1 saturated heterocycles. The molecule has 3 aromatic heterocycles. The molecule has 36 heavy (non-hydrogen) atoms. The second-order valence-electron chi connectivity index (χ2n) is 8.71. The van der Waals surface area contributed by atoms with Crippen LogP contribution in [0.4, 0.5) is 10.3 Å². The summed E-state index contributed by atoms with van der Waals surface area (Å²) in [6.45, 7) is 2.36. The average Bonchev–Trinajstić information content (AvgIpc) is 3.34. The number of pyridine rings is 1. The zero-order valence-electron chi connectivity index (χ0n) is 19.4. The Morgan fingerprint density at radius 3 is 2.64 bits per heavy atom. The van der Waals surface area contributed by atoms with Crippen molar-refractivity contribution in [1.29, 1.82) is 0 Å². The van der Waals surface area contributed by atoms with E-state index < -0.39 is 17.6 Å². The van der Waals surface area contributed by atoms with Crippen LogP contribution in [0.15, 0.2) is 61.1 Å². The SMILES string of the molecule is CC1(C(N)=O)COC(c2nc(-c3ccc(F)cc3)c(-c3ccnc(NCc4cccnc4)n3)[nH]2)OC1. The van der Waals surface area contributed by atoms with Gasteiger partial charge in [0.2, 0.25) is 18.1 Å². The van der Waals surface area contributed by atoms with E-state index in [1.54, 1.807) is 43.7 Å². The number of amides is 1. The molecule has 184 valence electrons. The Labute approximate surface area is 206 Å². The Morgan fingerprint density at radius 2 is 1.94 bits per heavy atom. The van der Waals surface area contributed by atoms with Crippen LogP contribution in [0.2, 0.25) is 0 Å². The van der Waals surface area contributed by atoms with Crippen LogP contribution in [-0.2, 0) is 20.8 Å². The van der Waals surface area contributed by atoms with Crippen LogP contribution < -0.4 is 11.1 Å². The smallest absolute Gasteiger partial charge is 0.228 e. The van der Waals surface area contributed by atoms with E-state index in [0.29, 0.717) is 41.0 Å². The highest BCUT2D eigenvalue weighted by atomic mass is 19.1. The number of primary amides is 1. The van der Waals surface area contributed by atoms with Crippen molar-refractivity contribution in [2.75, 3.05) is 18.5 Å². The number of carbonyl (C=O) groups is 1. The molecule has 4 N–H and O–H groups in total. The van der Waals surface area contributed by atoms with Crippen molar-refractivity contribution in [3.63, 3.8) is 0 Å². The maximum Gasteiger partial charge on any atom is 0.228 e. The molecule has 4 heterocycles. The van der Waals surface area contributed by atoms with Gasteiger partial charge in [-0.2, -0.15) is 0 Å². The molecular formula is C25H24FN7O3. The molecule has 0 saturated carbocycles. The largest absolute Gasteiger partial charge is 0.369 e. The third kappa shape index (κ3) is 4.92. The van der Waals surface area contributed by atoms with Crippen molar-refractivity contribution in [1.82, 2.24) is 24.9 Å². The first-order valence-electron chi connectivity index (χ1n) is 11.3. The Hall–Kier alpha value is -4.22. The monoisotopic (exact) mass is 489 g/mol. The van der Waals surface area contributed by atoms with Gasteiger partial charge in [0.15, 0.2) is 5.82 Å². The van der Waals surface area contributed by atoms with E-state index in [9.17, 15) is 9.18 Å². The summed E-state index contributed by atoms with van der Waals surface area (Å²) >= 11 is 0. The summed E-state index contributed by atoms with van der Waals surface area (Å²) in [7, 11) is 0. The molecule has 0 unspecified atom stereocenters. The van der Waals surface area contributed by atoms with E-state index >= 15 is 0 Å². The zero-order valence-corrected chi connectivity index (χ0v) is 19.4. The quantitative estimate of drug-likeness (QED) is 0.359. The number of nitrogens with two attached hydrogens (primary N) is 1. The summed E-state index contributed by atoms with van der Waals surface area (Å²) in [4.78, 5) is 32.7. The van der Waals surface area contributed by atoms with Crippen LogP contribution in [-0.4, -0.2) is 44.0 Å². The predicted molar refractivity (Wildman–Crippen MR) is 129 cm³/mol. The van der Waals surface area contributed by atoms with Crippen molar-refractivity contribution < 1.29 is 18.7 Å². The summed E-state index contributed by atoms with van der Waals surface area (Å²) in [5.41, 5.74) is 7.90. The summed E-state index contributed by atoms with van der Waals surface area (Å²) in [6, 6.07) is 11.5. The molecule has 11 heteroatoms. The number of halogens is 1. The molecule has 5 rings (SSSR count). The summed E-state index contributed by atoms with van der Waals surface area (Å²) < 4.78 is 25.2. The number of nitrogens with zero attached hydrogens (tertiary/aromatic N) is 4. The van der Waals surface area contributed by atoms with Gasteiger partial charge in [0, 0.05) is 30.7 Å². The number of aromatic nitrogens is 5. The molecule has 0 aliphatic carbocycles. The molecule has 10 nitrogen and oxygen atoms in total. The summed E-state index contributed by atoms with van der Waals surface area (Å²) in [5, 5.41) is 3.19. The number of ether oxygens (including phenoxy) is 2. The zero-order chi connectivity index (χ0) is 25.1. The van der Waals surface area contributed by atoms with Crippen molar-refractivity contribution in [2.24, 2.45) is 11.1 Å². The van der Waals surface area contributed by atoms with E-state index in [-0.39, 0.29) is 19.0 Å². The molecule has 1 amide bonds. The minimum absolute atomic E-state index is 0.0881. The van der Waals surface area contributed by atoms with E-state index in [1.807, 2.05) is 12.1 Å². The van der Waals surface area contributed by atoms with Crippen LogP contribution in [0, 0.1) is 11.2 Å². The van der Waals surface area contributed by atoms with Gasteiger partial charge in [0.05, 0.1) is 35.7 Å². The van der Waals surface area contributed by atoms with Crippen LogP contribution in [0.3, 0.4) is 0 Å². The normalized spacial score (nSPS) is 19.7. The molecular weight excluding hydrogens is 465 g/mol. The fourth-order valence-electron chi connectivity index (χ4n) is 3.68. The Bertz CT molecular complexity index is 1350. The highest BCUT2D eigenvalue weighted by molar-refractivity contribution is 5.81. The minimum Gasteiger partial charge on any atom is -0.369 e. The van der Waals surface area contributed by atoms with Gasteiger partial charge in [-0.25, -0.2) is 19.3 Å². The molecule has 4 aromatic rings. The lowest BCUT2D eigenvalue weighted by molar-refractivity contribution is -0.230. The predicted octanol–water partition coefficient (Wildman–Crippen LogP) is 3.22. The van der Waals surface area contributed by atoms with Crippen LogP contribution in [0.5, 0.6) is 0 Å². The van der Waals surface area contributed by atoms with Crippen molar-refractivity contribution in [3.8, 4) is 22.6 Å². The number of anilines is 1. The molecule has 0 radical (unpaired) electrons. The third-order valence-electron chi connectivity index (χ3n) is 5.85. The Balaban J connectivity index is 1.46. The summed E-state index contributed by atoms with van der Waals surface area (Å²) in [6.07, 6.45) is 4.27. The first kappa shape index (κ1) is 23.5. The number of benzene rings is 1. The van der Waals surface area contributed by atoms with E-state index in [4.69, 9.17) is 20.2 Å². The second kappa shape index (κ2) is 9.80. The van der Waals surface area contributed by atoms with Gasteiger partial charge < -0.3 is 25.5 Å². The van der Waals surface area contributed by atoms with Gasteiger partial charge in [0.1, 0.15) is 5.82 Å². The van der Waals surface area contributed by atoms with Gasteiger partial charge >= 0.3 is 0 Å². The lowest BCUT2D eigenvalue weighted by Crippen LogP contribution is -2.46. The molecule has 0 bridgehead atoms. The maximum atomic E-state index is 13.6. The van der Waals surface area contributed by atoms with Gasteiger partial charge in [-0.05, 0) is 48.9 Å². The van der Waals surface area contributed by atoms with Crippen LogP contribution >= 0.6 is 0 Å². The van der Waals surface area contributed by atoms with E-state index in [2.05, 4.69) is 25.3 Å². The molecule has 1 aliphatic heterocycles. The lowest BCUT2D eigenvalue weighted by atomic mass is 9.91. The van der Waals surface area contributed by atoms with Gasteiger partial charge in [-0.3, -0.25) is 9.78 Å². The van der Waals surface area contributed by atoms with Crippen molar-refractivity contribution >= 4 is 11.9 Å². The minimum atomic E-state index is -0.923. The maximum absolute atomic E-state index is 13.6. The van der Waals surface area contributed by atoms with E-state index in [1.165, 1.54) is 12.1 Å². The van der Waals surface area contributed by atoms with Crippen molar-refractivity contribution in [3.05, 3.63) is 78.3 Å². The van der Waals surface area contributed by atoms with Gasteiger partial charge in [0.25, 0.3) is 0 Å². The number of nitrogens with one attached hydrogen (secondary N) is 2. The first-order chi connectivity index (χ1) is 17.4. The Morgan fingerprint density at radius 1 is 1.17 bits per heavy atom. The highest BCUT2D eigenvalue weighted by Gasteiger charge is 2.39. The third-order valence-corrected chi connectivity index (χ3v) is 5.85. The van der Waals surface area contributed by atoms with Crippen LogP contribution in [0.25, 0.3) is 22.6 Å². The fraction of sp³-hybridized carbons (Fsp3) is 0.240. The molecule has 1 fully saturated rings. The molecule has 1 aliphatic rings. The number of H-pyrrole nitrogens is 1. The van der Waals surface area contributed by atoms with Crippen molar-refractivity contribution in [2.45, 2.75) is 19.8 Å². The topological polar surface area (TPSA) is 141 Å². The Kier molecular flexibility index (Phi) is 6.40. The number of rotatable bonds is 7. The number of imidazole rings is 1. The highest BCUT2D eigenvalue weighted by Crippen LogP contribution is 2.35. The molecule has 0 spiro atoms. The molecule has 1 aromatic carbocycles.